The van der Waals surface area contributed by atoms with Crippen LogP contribution in [0.2, 0.25) is 0 Å². The van der Waals surface area contributed by atoms with Crippen molar-refractivity contribution in [2.24, 2.45) is 0 Å². The van der Waals surface area contributed by atoms with Crippen molar-refractivity contribution in [2.45, 2.75) is 33.3 Å². The summed E-state index contributed by atoms with van der Waals surface area (Å²) in [5.74, 6) is -0.214. The predicted octanol–water partition coefficient (Wildman–Crippen LogP) is 5.20. The summed E-state index contributed by atoms with van der Waals surface area (Å²) in [6.07, 6.45) is 3.25. The molecule has 2 heterocycles. The zero-order chi connectivity index (χ0) is 25.1. The highest BCUT2D eigenvalue weighted by atomic mass is 19.1. The first-order chi connectivity index (χ1) is 16.7. The molecule has 0 fully saturated rings. The lowest BCUT2D eigenvalue weighted by molar-refractivity contribution is 0.301. The van der Waals surface area contributed by atoms with Crippen molar-refractivity contribution in [2.75, 3.05) is 5.73 Å². The van der Waals surface area contributed by atoms with E-state index in [1.807, 2.05) is 19.9 Å². The van der Waals surface area contributed by atoms with Gasteiger partial charge >= 0.3 is 0 Å². The molecule has 2 aromatic carbocycles. The second kappa shape index (κ2) is 9.77. The molecule has 2 N–H and O–H groups in total. The maximum Gasteiger partial charge on any atom is 0.167 e. The van der Waals surface area contributed by atoms with Gasteiger partial charge in [-0.2, -0.15) is 10.4 Å². The molecule has 0 saturated heterocycles. The highest BCUT2D eigenvalue weighted by Crippen LogP contribution is 2.31. The quantitative estimate of drug-likeness (QED) is 0.390. The predicted molar refractivity (Wildman–Crippen MR) is 124 cm³/mol. The second-order valence-corrected chi connectivity index (χ2v) is 8.09. The Morgan fingerprint density at radius 3 is 2.43 bits per heavy atom. The number of nitrogen functional groups attached to an aromatic ring is 1. The molecule has 35 heavy (non-hydrogen) atoms. The van der Waals surface area contributed by atoms with E-state index in [0.29, 0.717) is 11.5 Å². The van der Waals surface area contributed by atoms with E-state index in [4.69, 9.17) is 15.2 Å². The molecule has 0 aliphatic rings. The van der Waals surface area contributed by atoms with Crippen molar-refractivity contribution in [1.29, 1.82) is 5.26 Å². The number of benzene rings is 2. The minimum absolute atomic E-state index is 0.0380. The molecule has 10 heteroatoms. The fourth-order valence-corrected chi connectivity index (χ4v) is 3.35. The molecule has 0 radical (unpaired) electrons. The number of hydrogen-bond donors (Lipinski definition) is 1. The van der Waals surface area contributed by atoms with Crippen molar-refractivity contribution in [3.8, 4) is 29.0 Å². The Hall–Kier alpha value is -4.52. The van der Waals surface area contributed by atoms with Gasteiger partial charge < -0.3 is 15.2 Å². The zero-order valence-electron chi connectivity index (χ0n) is 19.3. The van der Waals surface area contributed by atoms with Gasteiger partial charge in [-0.15, -0.1) is 0 Å². The van der Waals surface area contributed by atoms with E-state index in [-0.39, 0.29) is 46.8 Å². The summed E-state index contributed by atoms with van der Waals surface area (Å²) in [4.78, 5) is 8.18. The molecular formula is C25H22F2N6O2. The molecule has 4 rings (SSSR count). The van der Waals surface area contributed by atoms with Crippen molar-refractivity contribution in [3.63, 3.8) is 0 Å². The summed E-state index contributed by atoms with van der Waals surface area (Å²) in [5, 5.41) is 13.8. The van der Waals surface area contributed by atoms with Crippen LogP contribution in [0.15, 0.2) is 48.8 Å². The van der Waals surface area contributed by atoms with Crippen LogP contribution in [0.3, 0.4) is 0 Å². The van der Waals surface area contributed by atoms with Crippen molar-refractivity contribution >= 4 is 5.69 Å². The van der Waals surface area contributed by atoms with Crippen LogP contribution in [-0.2, 0) is 6.61 Å². The number of aromatic nitrogens is 4. The first-order valence-corrected chi connectivity index (χ1v) is 10.7. The molecule has 0 spiro atoms. The van der Waals surface area contributed by atoms with E-state index < -0.39 is 11.6 Å². The number of rotatable bonds is 7. The lowest BCUT2D eigenvalue weighted by Gasteiger charge is -2.11. The molecule has 0 unspecified atom stereocenters. The Morgan fingerprint density at radius 1 is 1.06 bits per heavy atom. The topological polar surface area (TPSA) is 112 Å². The maximum atomic E-state index is 15.0. The standard InChI is InChI=1S/C25H22F2N6O2/c1-14(2)25-24(29)23(10-28)33(32-25)22-5-4-18(9-21(22)27)35-20-7-17(26)6-19(8-20)34-13-16-11-30-15(3)31-12-16/h4-9,11-12,14H,13,29H2,1-3H3. The first kappa shape index (κ1) is 23.6. The fourth-order valence-electron chi connectivity index (χ4n) is 3.35. The molecule has 0 aliphatic carbocycles. The van der Waals surface area contributed by atoms with Gasteiger partial charge in [0.25, 0.3) is 0 Å². The highest BCUT2D eigenvalue weighted by Gasteiger charge is 2.20. The normalized spacial score (nSPS) is 10.9. The summed E-state index contributed by atoms with van der Waals surface area (Å²) < 4.78 is 41.6. The average Bonchev–Trinajstić information content (AvgIpc) is 3.14. The third-order valence-corrected chi connectivity index (χ3v) is 5.07. The monoisotopic (exact) mass is 476 g/mol. The van der Waals surface area contributed by atoms with Crippen LogP contribution in [0, 0.1) is 29.9 Å². The fraction of sp³-hybridized carbons (Fsp3) is 0.200. The summed E-state index contributed by atoms with van der Waals surface area (Å²) in [5.41, 5.74) is 7.55. The molecule has 0 amide bonds. The van der Waals surface area contributed by atoms with Crippen LogP contribution in [0.25, 0.3) is 5.69 Å². The van der Waals surface area contributed by atoms with E-state index in [1.54, 1.807) is 19.3 Å². The first-order valence-electron chi connectivity index (χ1n) is 10.7. The van der Waals surface area contributed by atoms with Crippen molar-refractivity contribution < 1.29 is 18.3 Å². The van der Waals surface area contributed by atoms with Gasteiger partial charge in [0.05, 0.1) is 11.4 Å². The third-order valence-electron chi connectivity index (χ3n) is 5.07. The summed E-state index contributed by atoms with van der Waals surface area (Å²) in [6, 6.07) is 9.85. The van der Waals surface area contributed by atoms with Gasteiger partial charge in [0, 0.05) is 42.2 Å². The number of nitriles is 1. The maximum absolute atomic E-state index is 15.0. The number of nitrogens with two attached hydrogens (primary N) is 1. The summed E-state index contributed by atoms with van der Waals surface area (Å²) in [7, 11) is 0. The van der Waals surface area contributed by atoms with E-state index >= 15 is 0 Å². The van der Waals surface area contributed by atoms with Gasteiger partial charge in [0.15, 0.2) is 11.5 Å². The van der Waals surface area contributed by atoms with Gasteiger partial charge in [0.1, 0.15) is 47.3 Å². The van der Waals surface area contributed by atoms with Gasteiger partial charge in [-0.05, 0) is 25.0 Å². The highest BCUT2D eigenvalue weighted by molar-refractivity contribution is 5.58. The zero-order valence-corrected chi connectivity index (χ0v) is 19.3. The molecule has 0 saturated carbocycles. The van der Waals surface area contributed by atoms with Crippen LogP contribution >= 0.6 is 0 Å². The molecule has 4 aromatic rings. The summed E-state index contributed by atoms with van der Waals surface area (Å²) in [6.45, 7) is 5.66. The van der Waals surface area contributed by atoms with Crippen LogP contribution < -0.4 is 15.2 Å². The number of nitrogens with zero attached hydrogens (tertiary/aromatic N) is 5. The third kappa shape index (κ3) is 5.19. The second-order valence-electron chi connectivity index (χ2n) is 8.09. The van der Waals surface area contributed by atoms with E-state index in [0.717, 1.165) is 17.7 Å². The Balaban J connectivity index is 1.55. The molecule has 178 valence electrons. The van der Waals surface area contributed by atoms with Crippen LogP contribution in [0.1, 0.15) is 42.5 Å². The van der Waals surface area contributed by atoms with Gasteiger partial charge in [-0.1, -0.05) is 13.8 Å². The number of halogens is 2. The Morgan fingerprint density at radius 2 is 1.77 bits per heavy atom. The number of aryl methyl sites for hydroxylation is 1. The number of hydrogen-bond acceptors (Lipinski definition) is 7. The molecule has 8 nitrogen and oxygen atoms in total. The Kier molecular flexibility index (Phi) is 6.59. The van der Waals surface area contributed by atoms with Crippen LogP contribution in [0.4, 0.5) is 14.5 Å². The molecule has 0 atom stereocenters. The Labute approximate surface area is 200 Å². The van der Waals surface area contributed by atoms with Crippen LogP contribution in [-0.4, -0.2) is 19.7 Å². The minimum Gasteiger partial charge on any atom is -0.489 e. The van der Waals surface area contributed by atoms with E-state index in [1.165, 1.54) is 28.9 Å². The average molecular weight is 476 g/mol. The smallest absolute Gasteiger partial charge is 0.167 e. The number of anilines is 1. The van der Waals surface area contributed by atoms with E-state index in [2.05, 4.69) is 15.1 Å². The number of ether oxygens (including phenoxy) is 2. The molecule has 0 bridgehead atoms. The lowest BCUT2D eigenvalue weighted by atomic mass is 10.1. The van der Waals surface area contributed by atoms with Gasteiger partial charge in [-0.25, -0.2) is 23.4 Å². The lowest BCUT2D eigenvalue weighted by Crippen LogP contribution is -2.04. The largest absolute Gasteiger partial charge is 0.489 e. The SMILES string of the molecule is Cc1ncc(COc2cc(F)cc(Oc3ccc(-n4nc(C(C)C)c(N)c4C#N)c(F)c3)c2)cn1. The minimum atomic E-state index is -0.691. The van der Waals surface area contributed by atoms with Crippen LogP contribution in [0.5, 0.6) is 17.2 Å². The van der Waals surface area contributed by atoms with Crippen molar-refractivity contribution in [3.05, 3.63) is 83.2 Å². The summed E-state index contributed by atoms with van der Waals surface area (Å²) >= 11 is 0. The Bertz CT molecular complexity index is 1410. The van der Waals surface area contributed by atoms with Gasteiger partial charge in [-0.3, -0.25) is 0 Å². The molecule has 0 aliphatic heterocycles. The van der Waals surface area contributed by atoms with Gasteiger partial charge in [0.2, 0.25) is 0 Å². The van der Waals surface area contributed by atoms with Crippen molar-refractivity contribution in [1.82, 2.24) is 19.7 Å². The molecule has 2 aromatic heterocycles. The van der Waals surface area contributed by atoms with E-state index in [9.17, 15) is 14.0 Å². The molecular weight excluding hydrogens is 454 g/mol.